The van der Waals surface area contributed by atoms with Crippen LogP contribution in [0.3, 0.4) is 0 Å². The lowest BCUT2D eigenvalue weighted by atomic mass is 9.96. The maximum atomic E-state index is 13.4. The van der Waals surface area contributed by atoms with E-state index in [1.54, 1.807) is 47.7 Å². The summed E-state index contributed by atoms with van der Waals surface area (Å²) in [6.07, 6.45) is 1.34. The second kappa shape index (κ2) is 8.41. The van der Waals surface area contributed by atoms with E-state index in [9.17, 15) is 14.4 Å². The van der Waals surface area contributed by atoms with Crippen molar-refractivity contribution in [1.82, 2.24) is 4.98 Å². The molecule has 3 aromatic rings. The predicted octanol–water partition coefficient (Wildman–Crippen LogP) is 4.26. The number of aromatic nitrogens is 1. The van der Waals surface area contributed by atoms with Crippen LogP contribution in [0.1, 0.15) is 40.0 Å². The van der Waals surface area contributed by atoms with E-state index in [0.717, 1.165) is 35.3 Å². The molecule has 0 atom stereocenters. The number of hydrogen-bond donors (Lipinski definition) is 2. The zero-order chi connectivity index (χ0) is 24.0. The number of thiazole rings is 1. The number of anilines is 2. The molecule has 1 spiro atoms. The van der Waals surface area contributed by atoms with Crippen molar-refractivity contribution in [2.45, 2.75) is 31.2 Å². The van der Waals surface area contributed by atoms with Crippen LogP contribution in [-0.2, 0) is 28.0 Å². The number of carboxylic acid groups (broad SMARTS) is 1. The van der Waals surface area contributed by atoms with Crippen molar-refractivity contribution in [2.75, 3.05) is 17.3 Å². The van der Waals surface area contributed by atoms with Crippen LogP contribution < -0.4 is 15.0 Å². The molecule has 2 amide bonds. The Hall–Kier alpha value is -3.43. The first kappa shape index (κ1) is 22.4. The Balaban J connectivity index is 1.44. The minimum atomic E-state index is -0.989. The second-order valence-electron chi connectivity index (χ2n) is 8.33. The molecule has 0 unspecified atom stereocenters. The summed E-state index contributed by atoms with van der Waals surface area (Å²) >= 11 is 7.35. The molecule has 1 aromatic heterocycles. The summed E-state index contributed by atoms with van der Waals surface area (Å²) in [6, 6.07) is 10.5. The van der Waals surface area contributed by atoms with Crippen LogP contribution in [0.4, 0.5) is 10.8 Å². The number of methoxy groups -OCH3 is 1. The lowest BCUT2D eigenvalue weighted by molar-refractivity contribution is -0.136. The summed E-state index contributed by atoms with van der Waals surface area (Å²) in [5.74, 6) is -0.731. The molecule has 0 saturated heterocycles. The molecule has 0 bridgehead atoms. The Morgan fingerprint density at radius 1 is 1.26 bits per heavy atom. The Kier molecular flexibility index (Phi) is 5.53. The Morgan fingerprint density at radius 2 is 2.06 bits per heavy atom. The van der Waals surface area contributed by atoms with Crippen molar-refractivity contribution in [1.29, 1.82) is 0 Å². The van der Waals surface area contributed by atoms with Gasteiger partial charge < -0.3 is 14.7 Å². The zero-order valence-electron chi connectivity index (χ0n) is 18.1. The van der Waals surface area contributed by atoms with E-state index in [1.165, 1.54) is 0 Å². The number of benzene rings is 2. The van der Waals surface area contributed by atoms with Crippen LogP contribution in [0.2, 0.25) is 5.02 Å². The Bertz CT molecular complexity index is 1330. The normalized spacial score (nSPS) is 15.4. The average Bonchev–Trinajstić information content (AvgIpc) is 3.45. The van der Waals surface area contributed by atoms with E-state index < -0.39 is 11.4 Å². The maximum absolute atomic E-state index is 13.4. The fraction of sp³-hybridized carbons (Fsp3) is 0.250. The van der Waals surface area contributed by atoms with Crippen LogP contribution in [0.25, 0.3) is 0 Å². The summed E-state index contributed by atoms with van der Waals surface area (Å²) in [7, 11) is 1.57. The molecule has 1 saturated carbocycles. The largest absolute Gasteiger partial charge is 0.496 e. The van der Waals surface area contributed by atoms with Gasteiger partial charge in [-0.05, 0) is 48.7 Å². The summed E-state index contributed by atoms with van der Waals surface area (Å²) in [5, 5.41) is 14.1. The molecule has 1 aliphatic carbocycles. The van der Waals surface area contributed by atoms with Gasteiger partial charge in [-0.2, -0.15) is 0 Å². The smallest absolute Gasteiger partial charge is 0.309 e. The first-order chi connectivity index (χ1) is 16.3. The third-order valence-corrected chi connectivity index (χ3v) is 7.19. The summed E-state index contributed by atoms with van der Waals surface area (Å²) in [4.78, 5) is 43.0. The first-order valence-electron chi connectivity index (χ1n) is 10.6. The van der Waals surface area contributed by atoms with Gasteiger partial charge in [0.2, 0.25) is 5.91 Å². The van der Waals surface area contributed by atoms with E-state index in [-0.39, 0.29) is 24.8 Å². The van der Waals surface area contributed by atoms with Crippen molar-refractivity contribution in [3.63, 3.8) is 0 Å². The number of halogens is 1. The monoisotopic (exact) mass is 497 g/mol. The van der Waals surface area contributed by atoms with Crippen molar-refractivity contribution in [2.24, 2.45) is 0 Å². The van der Waals surface area contributed by atoms with E-state index in [0.29, 0.717) is 32.8 Å². The Labute approximate surface area is 204 Å². The van der Waals surface area contributed by atoms with Gasteiger partial charge in [0, 0.05) is 27.2 Å². The third-order valence-electron chi connectivity index (χ3n) is 6.15. The number of nitrogens with one attached hydrogen (secondary N) is 1. The first-order valence-corrected chi connectivity index (χ1v) is 11.8. The average molecular weight is 498 g/mol. The quantitative estimate of drug-likeness (QED) is 0.504. The van der Waals surface area contributed by atoms with Crippen molar-refractivity contribution in [3.8, 4) is 5.75 Å². The van der Waals surface area contributed by atoms with Gasteiger partial charge in [0.1, 0.15) is 5.75 Å². The number of rotatable bonds is 7. The highest BCUT2D eigenvalue weighted by Crippen LogP contribution is 2.57. The minimum Gasteiger partial charge on any atom is -0.496 e. The predicted molar refractivity (Wildman–Crippen MR) is 128 cm³/mol. The number of hydrogen-bond acceptors (Lipinski definition) is 6. The fourth-order valence-electron chi connectivity index (χ4n) is 4.36. The molecule has 8 nitrogen and oxygen atoms in total. The number of nitrogens with zero attached hydrogens (tertiary/aromatic N) is 2. The summed E-state index contributed by atoms with van der Waals surface area (Å²) < 4.78 is 5.45. The van der Waals surface area contributed by atoms with Gasteiger partial charge in [-0.25, -0.2) is 4.98 Å². The second-order valence-corrected chi connectivity index (χ2v) is 9.62. The molecule has 1 aliphatic heterocycles. The zero-order valence-corrected chi connectivity index (χ0v) is 19.7. The molecule has 1 fully saturated rings. The molecule has 34 heavy (non-hydrogen) atoms. The van der Waals surface area contributed by atoms with Crippen LogP contribution in [0, 0.1) is 0 Å². The highest BCUT2D eigenvalue weighted by molar-refractivity contribution is 7.14. The molecular weight excluding hydrogens is 478 g/mol. The third kappa shape index (κ3) is 3.91. The van der Waals surface area contributed by atoms with Crippen LogP contribution in [0.5, 0.6) is 5.75 Å². The maximum Gasteiger partial charge on any atom is 0.309 e. The molecule has 2 N–H and O–H groups in total. The number of carbonyl (C=O) groups excluding carboxylic acids is 2. The minimum absolute atomic E-state index is 0.0142. The topological polar surface area (TPSA) is 109 Å². The van der Waals surface area contributed by atoms with Crippen molar-refractivity contribution < 1.29 is 24.2 Å². The van der Waals surface area contributed by atoms with Gasteiger partial charge in [-0.1, -0.05) is 17.7 Å². The molecule has 2 aromatic carbocycles. The number of carbonyl (C=O) groups is 3. The molecule has 2 aliphatic rings. The standard InChI is InChI=1S/C24H20ClN3O5S/c1-33-19-5-3-15(25)8-14(19)11-28-18-9-13(2-4-17(18)24(6-7-24)22(28)32)21(31)27-23-26-16(12-34-23)10-20(29)30/h2-5,8-9,12H,6-7,10-11H2,1H3,(H,29,30)(H,26,27,31). The molecule has 5 rings (SSSR count). The lowest BCUT2D eigenvalue weighted by Gasteiger charge is -2.20. The molecular formula is C24H20ClN3O5S. The summed E-state index contributed by atoms with van der Waals surface area (Å²) in [5.41, 5.74) is 2.63. The van der Waals surface area contributed by atoms with E-state index >= 15 is 0 Å². The van der Waals surface area contributed by atoms with Crippen molar-refractivity contribution in [3.05, 3.63) is 69.2 Å². The highest BCUT2D eigenvalue weighted by Gasteiger charge is 2.59. The van der Waals surface area contributed by atoms with E-state index in [1.807, 2.05) is 6.07 Å². The van der Waals surface area contributed by atoms with E-state index in [2.05, 4.69) is 10.3 Å². The van der Waals surface area contributed by atoms with Gasteiger partial charge in [0.25, 0.3) is 5.91 Å². The van der Waals surface area contributed by atoms with Gasteiger partial charge in [-0.15, -0.1) is 11.3 Å². The lowest BCUT2D eigenvalue weighted by Crippen LogP contribution is -2.31. The number of fused-ring (bicyclic) bond motifs is 2. The molecule has 0 radical (unpaired) electrons. The van der Waals surface area contributed by atoms with Gasteiger partial charge in [-0.3, -0.25) is 19.7 Å². The Morgan fingerprint density at radius 3 is 2.76 bits per heavy atom. The van der Waals surface area contributed by atoms with Crippen molar-refractivity contribution >= 4 is 51.5 Å². The number of aliphatic carboxylic acids is 1. The van der Waals surface area contributed by atoms with Gasteiger partial charge in [0.05, 0.1) is 31.2 Å². The molecule has 174 valence electrons. The highest BCUT2D eigenvalue weighted by atomic mass is 35.5. The summed E-state index contributed by atoms with van der Waals surface area (Å²) in [6.45, 7) is 0.271. The van der Waals surface area contributed by atoms with E-state index in [4.69, 9.17) is 21.4 Å². The number of ether oxygens (including phenoxy) is 1. The fourth-order valence-corrected chi connectivity index (χ4v) is 5.26. The SMILES string of the molecule is COc1ccc(Cl)cc1CN1C(=O)C2(CC2)c2ccc(C(=O)Nc3nc(CC(=O)O)cs3)cc21. The molecule has 10 heteroatoms. The van der Waals surface area contributed by atoms with Crippen LogP contribution in [-0.4, -0.2) is 35.0 Å². The van der Waals surface area contributed by atoms with Crippen LogP contribution in [0.15, 0.2) is 41.8 Å². The molecule has 2 heterocycles. The van der Waals surface area contributed by atoms with Crippen LogP contribution >= 0.6 is 22.9 Å². The van der Waals surface area contributed by atoms with Gasteiger partial charge >= 0.3 is 5.97 Å². The number of amides is 2. The van der Waals surface area contributed by atoms with Gasteiger partial charge in [0.15, 0.2) is 5.13 Å². The number of carboxylic acids is 1.